The quantitative estimate of drug-likeness (QED) is 0.831. The first kappa shape index (κ1) is 12.3. The largest absolute Gasteiger partial charge is 0.265 e. The molecular weight excluding hydrogens is 250 g/mol. The second-order valence-electron chi connectivity index (χ2n) is 2.68. The van der Waals surface area contributed by atoms with E-state index >= 15 is 0 Å². The third-order valence-electron chi connectivity index (χ3n) is 1.73. The number of pyridine rings is 1. The minimum atomic E-state index is -4.08. The van der Waals surface area contributed by atoms with Gasteiger partial charge in [0.15, 0.2) is 0 Å². The number of aromatic nitrogens is 1. The predicted molar refractivity (Wildman–Crippen MR) is 50.1 cm³/mol. The lowest BCUT2D eigenvalue weighted by Gasteiger charge is -2.09. The molecule has 0 atom stereocenters. The standard InChI is InChI=1S/C7H7ClF2N2O2S/c8-1-4-5(7(9)10)2-12-3-6(4)15(11,13)14/h2-3,7H,1H2,(H2,11,13,14). The zero-order chi connectivity index (χ0) is 11.6. The normalized spacial score (nSPS) is 12.1. The topological polar surface area (TPSA) is 73.1 Å². The van der Waals surface area contributed by atoms with Crippen LogP contribution in [0.5, 0.6) is 0 Å². The number of hydrogen-bond donors (Lipinski definition) is 1. The highest BCUT2D eigenvalue weighted by Gasteiger charge is 2.21. The van der Waals surface area contributed by atoms with E-state index in [-0.39, 0.29) is 11.4 Å². The van der Waals surface area contributed by atoms with Crippen LogP contribution in [-0.4, -0.2) is 13.4 Å². The summed E-state index contributed by atoms with van der Waals surface area (Å²) in [6, 6.07) is 0. The number of nitrogens with zero attached hydrogens (tertiary/aromatic N) is 1. The highest BCUT2D eigenvalue weighted by molar-refractivity contribution is 7.89. The van der Waals surface area contributed by atoms with Crippen molar-refractivity contribution in [1.82, 2.24) is 4.98 Å². The van der Waals surface area contributed by atoms with E-state index in [9.17, 15) is 17.2 Å². The van der Waals surface area contributed by atoms with Crippen molar-refractivity contribution >= 4 is 21.6 Å². The summed E-state index contributed by atoms with van der Waals surface area (Å²) < 4.78 is 46.9. The first-order valence-corrected chi connectivity index (χ1v) is 5.79. The SMILES string of the molecule is NS(=O)(=O)c1cncc(C(F)F)c1CCl. The lowest BCUT2D eigenvalue weighted by molar-refractivity contribution is 0.149. The van der Waals surface area contributed by atoms with Crippen LogP contribution >= 0.6 is 11.6 Å². The lowest BCUT2D eigenvalue weighted by Crippen LogP contribution is -2.16. The van der Waals surface area contributed by atoms with Gasteiger partial charge in [0.2, 0.25) is 10.0 Å². The smallest absolute Gasteiger partial charge is 0.263 e. The lowest BCUT2D eigenvalue weighted by atomic mass is 10.2. The highest BCUT2D eigenvalue weighted by Crippen LogP contribution is 2.27. The molecule has 0 fully saturated rings. The van der Waals surface area contributed by atoms with Crippen LogP contribution in [0.25, 0.3) is 0 Å². The number of primary sulfonamides is 1. The maximum absolute atomic E-state index is 12.4. The number of sulfonamides is 1. The summed E-state index contributed by atoms with van der Waals surface area (Å²) in [5.41, 5.74) is -0.722. The Morgan fingerprint density at radius 3 is 2.47 bits per heavy atom. The zero-order valence-corrected chi connectivity index (χ0v) is 8.89. The second kappa shape index (κ2) is 4.38. The Bertz CT molecular complexity index is 464. The van der Waals surface area contributed by atoms with E-state index in [2.05, 4.69) is 4.98 Å². The average Bonchev–Trinajstić information content (AvgIpc) is 2.15. The monoisotopic (exact) mass is 256 g/mol. The molecule has 0 amide bonds. The summed E-state index contributed by atoms with van der Waals surface area (Å²) in [6.07, 6.45) is -1.07. The van der Waals surface area contributed by atoms with Crippen LogP contribution in [0.2, 0.25) is 0 Å². The van der Waals surface area contributed by atoms with E-state index in [1.807, 2.05) is 0 Å². The molecule has 0 aliphatic rings. The molecule has 8 heteroatoms. The molecule has 1 rings (SSSR count). The minimum Gasteiger partial charge on any atom is -0.263 e. The molecule has 0 aliphatic heterocycles. The van der Waals surface area contributed by atoms with E-state index in [1.54, 1.807) is 0 Å². The first-order valence-electron chi connectivity index (χ1n) is 3.71. The third-order valence-corrected chi connectivity index (χ3v) is 2.96. The fraction of sp³-hybridized carbons (Fsp3) is 0.286. The van der Waals surface area contributed by atoms with Crippen LogP contribution in [0, 0.1) is 0 Å². The molecule has 0 saturated carbocycles. The van der Waals surface area contributed by atoms with Crippen molar-refractivity contribution in [2.75, 3.05) is 0 Å². The van der Waals surface area contributed by atoms with Gasteiger partial charge in [-0.25, -0.2) is 22.3 Å². The van der Waals surface area contributed by atoms with E-state index in [0.717, 1.165) is 12.4 Å². The molecule has 84 valence electrons. The summed E-state index contributed by atoms with van der Waals surface area (Å²) in [4.78, 5) is 2.92. The van der Waals surface area contributed by atoms with Crippen molar-refractivity contribution in [3.63, 3.8) is 0 Å². The molecule has 0 aromatic carbocycles. The number of halogens is 3. The summed E-state index contributed by atoms with van der Waals surface area (Å²) in [5, 5.41) is 4.83. The van der Waals surface area contributed by atoms with Crippen LogP contribution in [-0.2, 0) is 15.9 Å². The Kier molecular flexibility index (Phi) is 3.58. The molecule has 2 N–H and O–H groups in total. The van der Waals surface area contributed by atoms with Crippen LogP contribution < -0.4 is 5.14 Å². The van der Waals surface area contributed by atoms with Crippen LogP contribution in [0.3, 0.4) is 0 Å². The van der Waals surface area contributed by atoms with Gasteiger partial charge in [0.05, 0.1) is 0 Å². The van der Waals surface area contributed by atoms with Crippen LogP contribution in [0.15, 0.2) is 17.3 Å². The van der Waals surface area contributed by atoms with E-state index in [1.165, 1.54) is 0 Å². The summed E-state index contributed by atoms with van der Waals surface area (Å²) in [7, 11) is -4.08. The number of nitrogens with two attached hydrogens (primary N) is 1. The molecular formula is C7H7ClF2N2O2S. The molecule has 0 spiro atoms. The van der Waals surface area contributed by atoms with Gasteiger partial charge >= 0.3 is 0 Å². The molecule has 0 radical (unpaired) electrons. The van der Waals surface area contributed by atoms with Crippen molar-refractivity contribution in [2.45, 2.75) is 17.2 Å². The number of alkyl halides is 3. The van der Waals surface area contributed by atoms with Gasteiger partial charge in [0, 0.05) is 23.8 Å². The first-order chi connectivity index (χ1) is 6.88. The molecule has 0 aliphatic carbocycles. The van der Waals surface area contributed by atoms with E-state index in [0.29, 0.717) is 0 Å². The maximum Gasteiger partial charge on any atom is 0.265 e. The van der Waals surface area contributed by atoms with Crippen molar-refractivity contribution in [2.24, 2.45) is 5.14 Å². The average molecular weight is 257 g/mol. The van der Waals surface area contributed by atoms with Gasteiger partial charge in [-0.1, -0.05) is 0 Å². The van der Waals surface area contributed by atoms with Crippen molar-refractivity contribution in [3.05, 3.63) is 23.5 Å². The van der Waals surface area contributed by atoms with Crippen molar-refractivity contribution in [3.8, 4) is 0 Å². The minimum absolute atomic E-state index is 0.204. The second-order valence-corrected chi connectivity index (χ2v) is 4.48. The third kappa shape index (κ3) is 2.61. The molecule has 0 saturated heterocycles. The summed E-state index contributed by atoms with van der Waals surface area (Å²) >= 11 is 5.41. The number of hydrogen-bond acceptors (Lipinski definition) is 3. The fourth-order valence-corrected chi connectivity index (χ4v) is 2.18. The molecule has 1 aromatic rings. The predicted octanol–water partition coefficient (Wildman–Crippen LogP) is 1.41. The Morgan fingerprint density at radius 2 is 2.07 bits per heavy atom. The van der Waals surface area contributed by atoms with Crippen molar-refractivity contribution in [1.29, 1.82) is 0 Å². The fourth-order valence-electron chi connectivity index (χ4n) is 1.06. The van der Waals surface area contributed by atoms with Crippen LogP contribution in [0.4, 0.5) is 8.78 Å². The van der Waals surface area contributed by atoms with Gasteiger partial charge in [-0.3, -0.25) is 4.98 Å². The number of rotatable bonds is 3. The van der Waals surface area contributed by atoms with E-state index in [4.69, 9.17) is 16.7 Å². The van der Waals surface area contributed by atoms with Gasteiger partial charge in [0.25, 0.3) is 6.43 Å². The molecule has 0 unspecified atom stereocenters. The van der Waals surface area contributed by atoms with E-state index < -0.39 is 26.9 Å². The molecule has 15 heavy (non-hydrogen) atoms. The Labute approximate surface area is 90.1 Å². The summed E-state index contributed by atoms with van der Waals surface area (Å²) in [6.45, 7) is 0. The summed E-state index contributed by atoms with van der Waals surface area (Å²) in [5.74, 6) is -0.367. The highest BCUT2D eigenvalue weighted by atomic mass is 35.5. The van der Waals surface area contributed by atoms with Gasteiger partial charge in [0.1, 0.15) is 4.90 Å². The van der Waals surface area contributed by atoms with Gasteiger partial charge in [-0.2, -0.15) is 0 Å². The zero-order valence-electron chi connectivity index (χ0n) is 7.32. The Hall–Kier alpha value is -0.790. The van der Waals surface area contributed by atoms with Gasteiger partial charge in [-0.15, -0.1) is 11.6 Å². The Balaban J connectivity index is 3.49. The van der Waals surface area contributed by atoms with Crippen molar-refractivity contribution < 1.29 is 17.2 Å². The Morgan fingerprint density at radius 1 is 1.47 bits per heavy atom. The molecule has 4 nitrogen and oxygen atoms in total. The van der Waals surface area contributed by atoms with Gasteiger partial charge < -0.3 is 0 Å². The van der Waals surface area contributed by atoms with Crippen LogP contribution in [0.1, 0.15) is 17.6 Å². The molecule has 1 aromatic heterocycles. The molecule has 1 heterocycles. The molecule has 0 bridgehead atoms. The maximum atomic E-state index is 12.4. The van der Waals surface area contributed by atoms with Gasteiger partial charge in [-0.05, 0) is 5.56 Å².